The minimum Gasteiger partial charge on any atom is -0.507 e. The Morgan fingerprint density at radius 3 is 1.64 bits per heavy atom. The molecule has 6 aromatic carbocycles. The van der Waals surface area contributed by atoms with E-state index in [1.54, 1.807) is 6.07 Å². The number of aromatic hydroxyl groups is 1. The van der Waals surface area contributed by atoms with Crippen molar-refractivity contribution < 1.29 is 25.7 Å². The highest BCUT2D eigenvalue weighted by molar-refractivity contribution is 5.98. The molecule has 8 aromatic rings. The first-order valence-electron chi connectivity index (χ1n) is 31.5. The number of rotatable bonds is 6. The monoisotopic (exact) mass is 943 g/mol. The molecule has 0 radical (unpaired) electrons. The highest BCUT2D eigenvalue weighted by atomic mass is 16.3. The van der Waals surface area contributed by atoms with Crippen LogP contribution in [-0.2, 0) is 32.5 Å². The lowest BCUT2D eigenvalue weighted by atomic mass is 9.79. The van der Waals surface area contributed by atoms with Crippen LogP contribution >= 0.6 is 0 Å². The third-order valence-electron chi connectivity index (χ3n) is 13.3. The van der Waals surface area contributed by atoms with Gasteiger partial charge in [0.05, 0.1) is 28.0 Å². The standard InChI is InChI=1S/C66H77N3O/c1-61(2,3)46-27-28-56(52(38-46)41-23-20-19-21-24-41)69-57-26-22-25-51(58(57)68-60(69)53-39-50(65(13,14)15)40-54(59(53)70)66(16,17)18)44-31-45(35-47(34-44)62(4,5)6)55-36-42(29-30-67-55)43-32-48(63(7,8)9)37-49(33-43)64(10,11)12/h19-40,70H,1-18H3/i7D3,8D3,9D3,10D3,11D3. The van der Waals surface area contributed by atoms with Crippen LogP contribution in [0.15, 0.2) is 134 Å². The number of phenolic OH excluding ortho intramolecular Hbond substituents is 1. The van der Waals surface area contributed by atoms with E-state index in [0.717, 1.165) is 74.8 Å². The van der Waals surface area contributed by atoms with Gasteiger partial charge in [-0.1, -0.05) is 203 Å². The lowest BCUT2D eigenvalue weighted by Gasteiger charge is -2.28. The SMILES string of the molecule is [2H]C([2H])([2H])C(C)(c1cc(-c2ccnc(-c3cc(-c4cccc5c4nc(-c4cc(C(C)(C)C)cc(C(C)(C)C)c4O)n5-c4ccc(C(C)(C)C)cc4-c4ccccc4)cc(C(C)(C)C)c3)c2)cc(C(C([2H])([2H])[2H])(C([2H])([2H])[2H])C([2H])([2H])[2H])c1)C([2H])([2H])[2H]. The maximum atomic E-state index is 12.7. The second kappa shape index (κ2) is 17.5. The van der Waals surface area contributed by atoms with Crippen LogP contribution in [0.3, 0.4) is 0 Å². The van der Waals surface area contributed by atoms with Crippen molar-refractivity contribution in [2.75, 3.05) is 0 Å². The van der Waals surface area contributed by atoms with Gasteiger partial charge >= 0.3 is 0 Å². The van der Waals surface area contributed by atoms with Gasteiger partial charge < -0.3 is 5.11 Å². The Hall–Kier alpha value is -6.26. The van der Waals surface area contributed by atoms with Crippen molar-refractivity contribution in [1.82, 2.24) is 14.5 Å². The Labute approximate surface area is 441 Å². The zero-order chi connectivity index (χ0) is 63.6. The number of hydrogen-bond donors (Lipinski definition) is 1. The molecule has 0 aliphatic rings. The van der Waals surface area contributed by atoms with E-state index in [-0.39, 0.29) is 27.7 Å². The molecule has 0 amide bonds. The number of imidazole rings is 1. The van der Waals surface area contributed by atoms with Gasteiger partial charge in [0.15, 0.2) is 0 Å². The van der Waals surface area contributed by atoms with Gasteiger partial charge in [-0.05, 0) is 131 Å². The van der Waals surface area contributed by atoms with Crippen molar-refractivity contribution in [3.8, 4) is 67.5 Å². The van der Waals surface area contributed by atoms with Crippen LogP contribution in [0.5, 0.6) is 5.75 Å². The second-order valence-electron chi connectivity index (χ2n) is 23.4. The van der Waals surface area contributed by atoms with E-state index in [9.17, 15) is 5.11 Å². The first kappa shape index (κ1) is 34.1. The van der Waals surface area contributed by atoms with Crippen molar-refractivity contribution in [1.29, 1.82) is 0 Å². The number of nitrogens with zero attached hydrogens (tertiary/aromatic N) is 3. The second-order valence-corrected chi connectivity index (χ2v) is 23.4. The van der Waals surface area contributed by atoms with Crippen molar-refractivity contribution >= 4 is 11.0 Å². The largest absolute Gasteiger partial charge is 0.507 e. The molecule has 0 spiro atoms. The number of phenols is 1. The molecule has 362 valence electrons. The molecule has 4 heteroatoms. The Balaban J connectivity index is 1.46. The molecule has 0 bridgehead atoms. The molecule has 0 aliphatic heterocycles. The molecule has 0 saturated heterocycles. The summed E-state index contributed by atoms with van der Waals surface area (Å²) in [6.45, 7) is 8.57. The average molecular weight is 943 g/mol. The number of para-hydroxylation sites is 1. The highest BCUT2D eigenvalue weighted by Crippen LogP contribution is 2.47. The molecule has 0 fully saturated rings. The van der Waals surface area contributed by atoms with Crippen LogP contribution < -0.4 is 0 Å². The van der Waals surface area contributed by atoms with Crippen LogP contribution in [-0.4, -0.2) is 19.6 Å². The fraction of sp³-hybridized carbons (Fsp3) is 0.364. The topological polar surface area (TPSA) is 50.9 Å². The third kappa shape index (κ3) is 10.0. The summed E-state index contributed by atoms with van der Waals surface area (Å²) in [4.78, 5) is 10.4. The van der Waals surface area contributed by atoms with Gasteiger partial charge in [0.1, 0.15) is 11.6 Å². The predicted octanol–water partition coefficient (Wildman–Crippen LogP) is 18.2. The first-order valence-corrected chi connectivity index (χ1v) is 24.0. The normalized spacial score (nSPS) is 17.1. The maximum Gasteiger partial charge on any atom is 0.149 e. The molecular weight excluding hydrogens is 851 g/mol. The summed E-state index contributed by atoms with van der Waals surface area (Å²) < 4.78 is 131. The quantitative estimate of drug-likeness (QED) is 0.181. The summed E-state index contributed by atoms with van der Waals surface area (Å²) in [6, 6.07) is 39.2. The molecule has 2 heterocycles. The van der Waals surface area contributed by atoms with Gasteiger partial charge in [-0.2, -0.15) is 0 Å². The van der Waals surface area contributed by atoms with Gasteiger partial charge in [-0.15, -0.1) is 0 Å². The first-order chi connectivity index (χ1) is 38.6. The summed E-state index contributed by atoms with van der Waals surface area (Å²) in [6.07, 6.45) is 1.46. The van der Waals surface area contributed by atoms with Crippen molar-refractivity contribution in [3.63, 3.8) is 0 Å². The number of fused-ring (bicyclic) bond motifs is 1. The van der Waals surface area contributed by atoms with Gasteiger partial charge in [-0.25, -0.2) is 4.98 Å². The van der Waals surface area contributed by atoms with Crippen LogP contribution in [0.2, 0.25) is 0 Å². The zero-order valence-corrected chi connectivity index (χ0v) is 43.0. The van der Waals surface area contributed by atoms with Crippen molar-refractivity contribution in [2.24, 2.45) is 0 Å². The predicted molar refractivity (Wildman–Crippen MR) is 300 cm³/mol. The van der Waals surface area contributed by atoms with E-state index in [4.69, 9.17) is 30.5 Å². The molecular formula is C66H77N3O. The molecule has 0 aliphatic carbocycles. The third-order valence-corrected chi connectivity index (χ3v) is 13.3. The minimum absolute atomic E-state index is 0.0353. The van der Waals surface area contributed by atoms with Crippen LogP contribution in [0, 0.1) is 0 Å². The summed E-state index contributed by atoms with van der Waals surface area (Å²) in [5, 5.41) is 12.7. The lowest BCUT2D eigenvalue weighted by molar-refractivity contribution is 0.446. The van der Waals surface area contributed by atoms with E-state index in [1.807, 2.05) is 54.6 Å². The summed E-state index contributed by atoms with van der Waals surface area (Å²) in [7, 11) is 0. The number of benzene rings is 6. The molecule has 0 saturated carbocycles. The highest BCUT2D eigenvalue weighted by Gasteiger charge is 2.30. The lowest BCUT2D eigenvalue weighted by Crippen LogP contribution is -2.17. The summed E-state index contributed by atoms with van der Waals surface area (Å²) >= 11 is 0. The van der Waals surface area contributed by atoms with Crippen LogP contribution in [0.25, 0.3) is 72.7 Å². The van der Waals surface area contributed by atoms with Crippen molar-refractivity contribution in [2.45, 2.75) is 157 Å². The Kier molecular flexibility index (Phi) is 8.56. The maximum absolute atomic E-state index is 12.7. The smallest absolute Gasteiger partial charge is 0.149 e. The summed E-state index contributed by atoms with van der Waals surface area (Å²) in [5.74, 6) is 0.641. The Morgan fingerprint density at radius 1 is 0.429 bits per heavy atom. The number of aromatic nitrogens is 3. The van der Waals surface area contributed by atoms with Crippen LogP contribution in [0.4, 0.5) is 0 Å². The van der Waals surface area contributed by atoms with Gasteiger partial charge in [0.2, 0.25) is 0 Å². The molecule has 1 N–H and O–H groups in total. The molecule has 70 heavy (non-hydrogen) atoms. The fourth-order valence-electron chi connectivity index (χ4n) is 9.04. The minimum atomic E-state index is -3.75. The molecule has 2 aromatic heterocycles. The van der Waals surface area contributed by atoms with Gasteiger partial charge in [-0.3, -0.25) is 9.55 Å². The number of pyridine rings is 1. The van der Waals surface area contributed by atoms with Crippen molar-refractivity contribution in [3.05, 3.63) is 167 Å². The molecule has 4 nitrogen and oxygen atoms in total. The summed E-state index contributed by atoms with van der Waals surface area (Å²) in [5.41, 5.74) is 2.12. The van der Waals surface area contributed by atoms with Crippen LogP contribution in [0.1, 0.15) is 178 Å². The average Bonchev–Trinajstić information content (AvgIpc) is 0.886. The molecule has 0 atom stereocenters. The molecule has 0 unspecified atom stereocenters. The molecule has 8 rings (SSSR count). The number of hydrogen-bond acceptors (Lipinski definition) is 3. The Bertz CT molecular complexity index is 3780. The van der Waals surface area contributed by atoms with E-state index in [2.05, 4.69) is 130 Å². The van der Waals surface area contributed by atoms with E-state index in [0.29, 0.717) is 28.2 Å². The zero-order valence-electron chi connectivity index (χ0n) is 58.0. The van der Waals surface area contributed by atoms with E-state index >= 15 is 0 Å². The fourth-order valence-corrected chi connectivity index (χ4v) is 9.04. The Morgan fingerprint density at radius 2 is 1.01 bits per heavy atom. The van der Waals surface area contributed by atoms with E-state index < -0.39 is 67.0 Å². The van der Waals surface area contributed by atoms with Gasteiger partial charge in [0.25, 0.3) is 0 Å². The van der Waals surface area contributed by atoms with Gasteiger partial charge in [0, 0.05) is 49.0 Å². The van der Waals surface area contributed by atoms with E-state index in [1.165, 1.54) is 18.3 Å².